The molecule has 12 rings (SSSR count). The minimum Gasteiger partial charge on any atom is -0.456 e. The molecule has 56 heavy (non-hydrogen) atoms. The molecule has 268 valence electrons. The van der Waals surface area contributed by atoms with Gasteiger partial charge in [0.05, 0.1) is 0 Å². The van der Waals surface area contributed by atoms with Crippen molar-refractivity contribution in [3.8, 4) is 0 Å². The summed E-state index contributed by atoms with van der Waals surface area (Å²) in [6.07, 6.45) is 28.0. The number of para-hydroxylation sites is 1. The Balaban J connectivity index is 0.983. The fraction of sp³-hybridized carbons (Fsp3) is 0.164. The van der Waals surface area contributed by atoms with E-state index >= 15 is 0 Å². The average Bonchev–Trinajstić information content (AvgIpc) is 3.72. The lowest BCUT2D eigenvalue weighted by molar-refractivity contribution is 0.618. The van der Waals surface area contributed by atoms with E-state index in [0.717, 1.165) is 36.8 Å². The van der Waals surface area contributed by atoms with Crippen LogP contribution >= 0.6 is 0 Å². The fourth-order valence-corrected chi connectivity index (χ4v) is 11.1. The molecular weight excluding hydrogens is 677 g/mol. The Bertz CT molecular complexity index is 3100. The molecule has 0 amide bonds. The number of furan rings is 1. The van der Waals surface area contributed by atoms with E-state index in [1.807, 2.05) is 0 Å². The van der Waals surface area contributed by atoms with Gasteiger partial charge in [-0.1, -0.05) is 159 Å². The third kappa shape index (κ3) is 4.61. The van der Waals surface area contributed by atoms with Gasteiger partial charge in [-0.2, -0.15) is 0 Å². The number of hydrogen-bond donors (Lipinski definition) is 0. The number of allylic oxidation sites excluding steroid dienone is 16. The highest BCUT2D eigenvalue weighted by Gasteiger charge is 2.44. The van der Waals surface area contributed by atoms with Gasteiger partial charge in [0.15, 0.2) is 0 Å². The van der Waals surface area contributed by atoms with Crippen LogP contribution in [-0.4, -0.2) is 0 Å². The quantitative estimate of drug-likeness (QED) is 0.166. The molecule has 6 aromatic carbocycles. The molecule has 0 spiro atoms. The molecule has 5 aliphatic rings. The molecular formula is C55H42O. The lowest BCUT2D eigenvalue weighted by atomic mass is 9.74. The zero-order chi connectivity index (χ0) is 37.1. The molecule has 1 heteroatoms. The second-order valence-corrected chi connectivity index (χ2v) is 17.0. The monoisotopic (exact) mass is 718 g/mol. The van der Waals surface area contributed by atoms with Crippen molar-refractivity contribution in [2.75, 3.05) is 0 Å². The van der Waals surface area contributed by atoms with Crippen molar-refractivity contribution in [2.24, 2.45) is 5.92 Å². The number of benzene rings is 6. The van der Waals surface area contributed by atoms with Gasteiger partial charge in [-0.05, 0) is 126 Å². The summed E-state index contributed by atoms with van der Waals surface area (Å²) in [5.41, 5.74) is 16.2. The van der Waals surface area contributed by atoms with E-state index in [2.05, 4.69) is 172 Å². The molecule has 0 N–H and O–H groups in total. The topological polar surface area (TPSA) is 13.1 Å². The Morgan fingerprint density at radius 2 is 1.30 bits per heavy atom. The predicted molar refractivity (Wildman–Crippen MR) is 237 cm³/mol. The van der Waals surface area contributed by atoms with E-state index in [1.165, 1.54) is 98.8 Å². The molecule has 0 aliphatic heterocycles. The molecule has 0 fully saturated rings. The van der Waals surface area contributed by atoms with Gasteiger partial charge in [-0.3, -0.25) is 0 Å². The third-order valence-electron chi connectivity index (χ3n) is 13.7. The van der Waals surface area contributed by atoms with E-state index in [-0.39, 0.29) is 5.41 Å². The van der Waals surface area contributed by atoms with Crippen molar-refractivity contribution in [2.45, 2.75) is 50.9 Å². The molecule has 0 radical (unpaired) electrons. The highest BCUT2D eigenvalue weighted by Crippen LogP contribution is 2.58. The van der Waals surface area contributed by atoms with Gasteiger partial charge in [0.1, 0.15) is 11.2 Å². The summed E-state index contributed by atoms with van der Waals surface area (Å²) in [5, 5.41) is 10.4. The number of fused-ring (bicyclic) bond motifs is 11. The zero-order valence-electron chi connectivity index (χ0n) is 31.9. The largest absolute Gasteiger partial charge is 0.456 e. The Morgan fingerprint density at radius 1 is 0.607 bits per heavy atom. The summed E-state index contributed by atoms with van der Waals surface area (Å²) in [6, 6.07) is 36.2. The van der Waals surface area contributed by atoms with E-state index in [4.69, 9.17) is 4.42 Å². The maximum atomic E-state index is 6.32. The van der Waals surface area contributed by atoms with Crippen LogP contribution < -0.4 is 0 Å². The van der Waals surface area contributed by atoms with Crippen LogP contribution in [0.4, 0.5) is 0 Å². The van der Waals surface area contributed by atoms with Crippen LogP contribution in [0.5, 0.6) is 0 Å². The third-order valence-corrected chi connectivity index (χ3v) is 13.7. The Hall–Kier alpha value is -6.18. The van der Waals surface area contributed by atoms with Crippen molar-refractivity contribution >= 4 is 65.4 Å². The van der Waals surface area contributed by atoms with E-state index in [9.17, 15) is 0 Å². The molecule has 2 unspecified atom stereocenters. The maximum absolute atomic E-state index is 6.32. The minimum atomic E-state index is -0.0868. The van der Waals surface area contributed by atoms with E-state index in [1.54, 1.807) is 0 Å². The standard InChI is InChI=1S/C55H42O/c1-55(2)49-27-25-39(30-47(49)45-26-24-37-31-51-48(32-46(37)54(45)55)40-14-10-11-19-50(40)56-51)53-43-17-8-6-15-41(43)52(42-16-7-9-18-44(42)53)38-23-22-35-28-34(20-21-36(35)29-38)33-12-4-3-5-13-33/h3-4,6-12,14-28,31-32,36,47H,5,13,29-30H2,1-2H3. The van der Waals surface area contributed by atoms with Gasteiger partial charge in [-0.15, -0.1) is 0 Å². The SMILES string of the molecule is CC1(C)C2=CC=C(c3c4ccccc4c(C4=CC=C5C=C(C6=CC=CCC6)C=CC5C4)c4ccccc34)CC2c2ccc3cc4oc5ccccc5c4cc3c21. The lowest BCUT2D eigenvalue weighted by Gasteiger charge is -2.29. The summed E-state index contributed by atoms with van der Waals surface area (Å²) in [5.74, 6) is 0.727. The molecule has 5 aliphatic carbocycles. The summed E-state index contributed by atoms with van der Waals surface area (Å²) in [4.78, 5) is 0. The summed E-state index contributed by atoms with van der Waals surface area (Å²) in [6.45, 7) is 4.88. The molecule has 2 atom stereocenters. The van der Waals surface area contributed by atoms with Crippen molar-refractivity contribution in [3.05, 3.63) is 202 Å². The zero-order valence-corrected chi connectivity index (χ0v) is 31.9. The smallest absolute Gasteiger partial charge is 0.136 e. The molecule has 0 saturated heterocycles. The van der Waals surface area contributed by atoms with Crippen molar-refractivity contribution in [1.82, 2.24) is 0 Å². The highest BCUT2D eigenvalue weighted by molar-refractivity contribution is 6.17. The van der Waals surface area contributed by atoms with Gasteiger partial charge in [-0.25, -0.2) is 0 Å². The van der Waals surface area contributed by atoms with Crippen molar-refractivity contribution in [3.63, 3.8) is 0 Å². The lowest BCUT2D eigenvalue weighted by Crippen LogP contribution is -2.18. The van der Waals surface area contributed by atoms with Gasteiger partial charge in [0.2, 0.25) is 0 Å². The Morgan fingerprint density at radius 3 is 2.04 bits per heavy atom. The van der Waals surface area contributed by atoms with Crippen LogP contribution in [0.25, 0.3) is 65.4 Å². The number of hydrogen-bond acceptors (Lipinski definition) is 1. The van der Waals surface area contributed by atoms with Crippen LogP contribution in [0.1, 0.15) is 67.7 Å². The highest BCUT2D eigenvalue weighted by atomic mass is 16.3. The van der Waals surface area contributed by atoms with Gasteiger partial charge in [0.25, 0.3) is 0 Å². The maximum Gasteiger partial charge on any atom is 0.136 e. The molecule has 0 saturated carbocycles. The minimum absolute atomic E-state index is 0.0868. The van der Waals surface area contributed by atoms with Crippen molar-refractivity contribution < 1.29 is 4.42 Å². The van der Waals surface area contributed by atoms with Gasteiger partial charge in [0, 0.05) is 28.0 Å². The van der Waals surface area contributed by atoms with E-state index < -0.39 is 0 Å². The van der Waals surface area contributed by atoms with Crippen molar-refractivity contribution in [1.29, 1.82) is 0 Å². The van der Waals surface area contributed by atoms with Crippen LogP contribution in [0.3, 0.4) is 0 Å². The van der Waals surface area contributed by atoms with Crippen LogP contribution in [0.15, 0.2) is 185 Å². The number of rotatable bonds is 3. The Kier molecular flexibility index (Phi) is 6.83. The molecule has 1 aromatic heterocycles. The summed E-state index contributed by atoms with van der Waals surface area (Å²) in [7, 11) is 0. The predicted octanol–water partition coefficient (Wildman–Crippen LogP) is 14.9. The van der Waals surface area contributed by atoms with Gasteiger partial charge >= 0.3 is 0 Å². The normalized spacial score (nSPS) is 21.0. The molecule has 1 heterocycles. The average molecular weight is 719 g/mol. The molecule has 7 aromatic rings. The summed E-state index contributed by atoms with van der Waals surface area (Å²) >= 11 is 0. The van der Waals surface area contributed by atoms with Crippen LogP contribution in [0.2, 0.25) is 0 Å². The van der Waals surface area contributed by atoms with Crippen LogP contribution in [-0.2, 0) is 5.41 Å². The first-order valence-electron chi connectivity index (χ1n) is 20.4. The second kappa shape index (κ2) is 11.9. The summed E-state index contributed by atoms with van der Waals surface area (Å²) < 4.78 is 6.32. The van der Waals surface area contributed by atoms with E-state index in [0.29, 0.717) is 11.8 Å². The first kappa shape index (κ1) is 32.1. The first-order valence-corrected chi connectivity index (χ1v) is 20.4. The first-order chi connectivity index (χ1) is 27.5. The Labute approximate surface area is 327 Å². The van der Waals surface area contributed by atoms with Crippen LogP contribution in [0, 0.1) is 5.92 Å². The molecule has 1 nitrogen and oxygen atoms in total. The fourth-order valence-electron chi connectivity index (χ4n) is 11.1. The second-order valence-electron chi connectivity index (χ2n) is 17.0. The van der Waals surface area contributed by atoms with Gasteiger partial charge < -0.3 is 4.42 Å². The molecule has 0 bridgehead atoms.